The van der Waals surface area contributed by atoms with Crippen molar-refractivity contribution in [3.8, 4) is 16.9 Å². The van der Waals surface area contributed by atoms with Gasteiger partial charge in [-0.3, -0.25) is 4.79 Å². The highest BCUT2D eigenvalue weighted by atomic mass is 16.3. The van der Waals surface area contributed by atoms with Crippen LogP contribution in [0.5, 0.6) is 0 Å². The van der Waals surface area contributed by atoms with Crippen molar-refractivity contribution in [1.29, 1.82) is 0 Å². The fourth-order valence-corrected chi connectivity index (χ4v) is 3.94. The van der Waals surface area contributed by atoms with E-state index in [1.54, 1.807) is 15.6 Å². The Bertz CT molecular complexity index is 1160. The van der Waals surface area contributed by atoms with E-state index in [2.05, 4.69) is 40.0 Å². The fraction of sp³-hybridized carbons (Fsp3) is 0.217. The number of carbonyl (C=O) groups is 1. The van der Waals surface area contributed by atoms with Crippen molar-refractivity contribution in [3.63, 3.8) is 0 Å². The summed E-state index contributed by atoms with van der Waals surface area (Å²) < 4.78 is 3.81. The molecule has 6 nitrogen and oxygen atoms in total. The molecule has 29 heavy (non-hydrogen) atoms. The highest BCUT2D eigenvalue weighted by molar-refractivity contribution is 5.92. The third-order valence-corrected chi connectivity index (χ3v) is 5.46. The van der Waals surface area contributed by atoms with Crippen LogP contribution in [0.3, 0.4) is 0 Å². The molecule has 1 fully saturated rings. The largest absolute Gasteiger partial charge is 0.391 e. The molecule has 0 saturated carbocycles. The number of carbonyl (C=O) groups excluding carboxylic acids is 1. The van der Waals surface area contributed by atoms with Crippen molar-refractivity contribution < 1.29 is 9.90 Å². The van der Waals surface area contributed by atoms with E-state index in [0.717, 1.165) is 35.3 Å². The molecule has 146 valence electrons. The van der Waals surface area contributed by atoms with E-state index in [1.165, 1.54) is 0 Å². The van der Waals surface area contributed by atoms with Gasteiger partial charge in [0.1, 0.15) is 5.82 Å². The molecule has 4 aromatic rings. The SMILES string of the molecule is O=C(c1ccn(-c2ccc3ccc(-c4ccccc4)cn23)n1)N1CCC[C@H](O)C1. The predicted octanol–water partition coefficient (Wildman–Crippen LogP) is 3.39. The normalized spacial score (nSPS) is 17.0. The zero-order valence-electron chi connectivity index (χ0n) is 16.0. The number of β-amino-alcohol motifs (C(OH)–C–C–N with tert-alkyl or cyclic N) is 1. The van der Waals surface area contributed by atoms with E-state index in [4.69, 9.17) is 0 Å². The van der Waals surface area contributed by atoms with Gasteiger partial charge in [0.25, 0.3) is 5.91 Å². The third kappa shape index (κ3) is 3.32. The number of benzene rings is 1. The number of rotatable bonds is 3. The van der Waals surface area contributed by atoms with E-state index < -0.39 is 6.10 Å². The van der Waals surface area contributed by atoms with Gasteiger partial charge in [0.15, 0.2) is 5.69 Å². The number of pyridine rings is 1. The molecule has 1 atom stereocenters. The van der Waals surface area contributed by atoms with Gasteiger partial charge in [0, 0.05) is 31.0 Å². The Balaban J connectivity index is 1.48. The minimum absolute atomic E-state index is 0.131. The molecule has 0 radical (unpaired) electrons. The van der Waals surface area contributed by atoms with E-state index in [0.29, 0.717) is 18.8 Å². The van der Waals surface area contributed by atoms with Gasteiger partial charge in [0.2, 0.25) is 0 Å². The van der Waals surface area contributed by atoms with Crippen molar-refractivity contribution in [2.75, 3.05) is 13.1 Å². The van der Waals surface area contributed by atoms with Crippen LogP contribution in [0.1, 0.15) is 23.3 Å². The van der Waals surface area contributed by atoms with Crippen LogP contribution in [0.4, 0.5) is 0 Å². The van der Waals surface area contributed by atoms with E-state index in [9.17, 15) is 9.90 Å². The molecule has 1 aromatic carbocycles. The summed E-state index contributed by atoms with van der Waals surface area (Å²) >= 11 is 0. The Hall–Kier alpha value is -3.38. The third-order valence-electron chi connectivity index (χ3n) is 5.46. The van der Waals surface area contributed by atoms with Crippen LogP contribution in [0.2, 0.25) is 0 Å². The van der Waals surface area contributed by atoms with Gasteiger partial charge in [-0.25, -0.2) is 4.68 Å². The first kappa shape index (κ1) is 17.7. The molecule has 0 aliphatic carbocycles. The summed E-state index contributed by atoms with van der Waals surface area (Å²) in [6.45, 7) is 1.04. The zero-order chi connectivity index (χ0) is 19.8. The first-order chi connectivity index (χ1) is 14.2. The van der Waals surface area contributed by atoms with Crippen LogP contribution in [-0.2, 0) is 0 Å². The molecule has 0 unspecified atom stereocenters. The molecule has 3 aromatic heterocycles. The minimum atomic E-state index is -0.444. The highest BCUT2D eigenvalue weighted by Crippen LogP contribution is 2.23. The maximum absolute atomic E-state index is 12.8. The van der Waals surface area contributed by atoms with E-state index in [1.807, 2.05) is 36.5 Å². The number of hydrogen-bond acceptors (Lipinski definition) is 3. The first-order valence-electron chi connectivity index (χ1n) is 9.89. The Morgan fingerprint density at radius 2 is 1.83 bits per heavy atom. The molecule has 1 aliphatic heterocycles. The molecular formula is C23H22N4O2. The maximum Gasteiger partial charge on any atom is 0.274 e. The number of amides is 1. The average Bonchev–Trinajstić information content (AvgIpc) is 3.40. The van der Waals surface area contributed by atoms with Gasteiger partial charge >= 0.3 is 0 Å². The molecule has 0 bridgehead atoms. The van der Waals surface area contributed by atoms with Gasteiger partial charge < -0.3 is 14.4 Å². The Morgan fingerprint density at radius 1 is 1.00 bits per heavy atom. The van der Waals surface area contributed by atoms with Crippen molar-refractivity contribution in [2.45, 2.75) is 18.9 Å². The molecule has 1 N–H and O–H groups in total. The Morgan fingerprint density at radius 3 is 2.66 bits per heavy atom. The van der Waals surface area contributed by atoms with Crippen LogP contribution < -0.4 is 0 Å². The lowest BCUT2D eigenvalue weighted by molar-refractivity contribution is 0.0468. The topological polar surface area (TPSA) is 62.8 Å². The second-order valence-electron chi connectivity index (χ2n) is 7.46. The quantitative estimate of drug-likeness (QED) is 0.587. The van der Waals surface area contributed by atoms with Gasteiger partial charge in [-0.05, 0) is 48.2 Å². The number of aliphatic hydroxyl groups excluding tert-OH is 1. The monoisotopic (exact) mass is 386 g/mol. The van der Waals surface area contributed by atoms with Crippen molar-refractivity contribution in [1.82, 2.24) is 19.1 Å². The van der Waals surface area contributed by atoms with Gasteiger partial charge in [-0.15, -0.1) is 0 Å². The number of aliphatic hydroxyl groups is 1. The lowest BCUT2D eigenvalue weighted by atomic mass is 10.1. The molecule has 5 rings (SSSR count). The predicted molar refractivity (Wildman–Crippen MR) is 111 cm³/mol. The lowest BCUT2D eigenvalue weighted by Crippen LogP contribution is -2.42. The number of fused-ring (bicyclic) bond motifs is 1. The summed E-state index contributed by atoms with van der Waals surface area (Å²) in [7, 11) is 0. The van der Waals surface area contributed by atoms with Crippen molar-refractivity contribution in [3.05, 3.63) is 78.8 Å². The van der Waals surface area contributed by atoms with E-state index >= 15 is 0 Å². The molecule has 4 heterocycles. The summed E-state index contributed by atoms with van der Waals surface area (Å²) in [5, 5.41) is 14.4. The number of piperidine rings is 1. The summed E-state index contributed by atoms with van der Waals surface area (Å²) in [5.41, 5.74) is 3.71. The van der Waals surface area contributed by atoms with Crippen LogP contribution >= 0.6 is 0 Å². The van der Waals surface area contributed by atoms with Crippen LogP contribution in [0.15, 0.2) is 73.1 Å². The van der Waals surface area contributed by atoms with Crippen LogP contribution in [0.25, 0.3) is 22.5 Å². The summed E-state index contributed by atoms with van der Waals surface area (Å²) in [6.07, 6.45) is 5.02. The Labute approximate surface area is 168 Å². The zero-order valence-corrected chi connectivity index (χ0v) is 16.0. The van der Waals surface area contributed by atoms with E-state index in [-0.39, 0.29) is 5.91 Å². The number of nitrogens with zero attached hydrogens (tertiary/aromatic N) is 4. The molecule has 1 amide bonds. The average molecular weight is 386 g/mol. The first-order valence-corrected chi connectivity index (χ1v) is 9.89. The summed E-state index contributed by atoms with van der Waals surface area (Å²) in [5.74, 6) is 0.740. The number of hydrogen-bond donors (Lipinski definition) is 1. The molecule has 1 aliphatic rings. The van der Waals surface area contributed by atoms with Gasteiger partial charge in [-0.1, -0.05) is 36.4 Å². The summed E-state index contributed by atoms with van der Waals surface area (Å²) in [4.78, 5) is 14.4. The van der Waals surface area contributed by atoms with Crippen LogP contribution in [0, 0.1) is 0 Å². The molecule has 6 heteroatoms. The highest BCUT2D eigenvalue weighted by Gasteiger charge is 2.24. The van der Waals surface area contributed by atoms with Gasteiger partial charge in [0.05, 0.1) is 6.10 Å². The van der Waals surface area contributed by atoms with Crippen molar-refractivity contribution in [2.24, 2.45) is 0 Å². The molecule has 0 spiro atoms. The minimum Gasteiger partial charge on any atom is -0.391 e. The van der Waals surface area contributed by atoms with Crippen LogP contribution in [-0.4, -0.2) is 49.3 Å². The number of likely N-dealkylation sites (tertiary alicyclic amines) is 1. The van der Waals surface area contributed by atoms with Gasteiger partial charge in [-0.2, -0.15) is 5.10 Å². The lowest BCUT2D eigenvalue weighted by Gasteiger charge is -2.29. The maximum atomic E-state index is 12.8. The smallest absolute Gasteiger partial charge is 0.274 e. The molecule has 1 saturated heterocycles. The second-order valence-corrected chi connectivity index (χ2v) is 7.46. The fourth-order valence-electron chi connectivity index (χ4n) is 3.94. The van der Waals surface area contributed by atoms with Crippen molar-refractivity contribution >= 4 is 11.4 Å². The molecular weight excluding hydrogens is 364 g/mol. The second kappa shape index (κ2) is 7.22. The standard InChI is InChI=1S/C23H22N4O2/c28-20-7-4-13-25(16-20)23(29)21-12-14-27(24-21)22-11-10-19-9-8-18(15-26(19)22)17-5-2-1-3-6-17/h1-3,5-6,8-12,14-15,20,28H,4,7,13,16H2/t20-/m0/s1. The number of aromatic nitrogens is 3. The Kier molecular flexibility index (Phi) is 4.41. The summed E-state index contributed by atoms with van der Waals surface area (Å²) in [6, 6.07) is 20.2.